The molecule has 1 saturated heterocycles. The molecule has 7 heteroatoms. The number of carbonyl (C=O) groups is 2. The fourth-order valence-corrected chi connectivity index (χ4v) is 4.12. The van der Waals surface area contributed by atoms with E-state index in [-0.39, 0.29) is 17.0 Å². The topological polar surface area (TPSA) is 66.8 Å². The summed E-state index contributed by atoms with van der Waals surface area (Å²) in [6.45, 7) is 3.53. The Hall–Kier alpha value is -4.00. The summed E-state index contributed by atoms with van der Waals surface area (Å²) in [5.74, 6) is -3.55. The SMILES string of the molecule is COc1cc(C)c(/C(O)=C2\C(=O)C(=O)N(c3ccc(F)cc3F)C2c2ccccc2)cc1C. The molecule has 1 fully saturated rings. The number of hydrogen-bond donors (Lipinski definition) is 1. The van der Waals surface area contributed by atoms with Gasteiger partial charge in [-0.25, -0.2) is 8.78 Å². The maximum atomic E-state index is 14.7. The molecule has 1 aliphatic heterocycles. The van der Waals surface area contributed by atoms with E-state index in [4.69, 9.17) is 4.74 Å². The molecule has 1 N–H and O–H groups in total. The molecule has 1 amide bonds. The minimum Gasteiger partial charge on any atom is -0.507 e. The second-order valence-electron chi connectivity index (χ2n) is 7.81. The summed E-state index contributed by atoms with van der Waals surface area (Å²) in [4.78, 5) is 27.2. The third kappa shape index (κ3) is 3.75. The zero-order valence-electron chi connectivity index (χ0n) is 18.2. The largest absolute Gasteiger partial charge is 0.507 e. The molecule has 0 aliphatic carbocycles. The molecule has 5 nitrogen and oxygen atoms in total. The molecule has 0 radical (unpaired) electrons. The Labute approximate surface area is 189 Å². The van der Waals surface area contributed by atoms with Crippen LogP contribution in [0.4, 0.5) is 14.5 Å². The van der Waals surface area contributed by atoms with Crippen LogP contribution in [0.25, 0.3) is 5.76 Å². The van der Waals surface area contributed by atoms with E-state index in [1.165, 1.54) is 7.11 Å². The van der Waals surface area contributed by atoms with Crippen molar-refractivity contribution in [2.24, 2.45) is 0 Å². The standard InChI is InChI=1S/C26H21F2NO4/c1-14-12-21(33-3)15(2)11-18(14)24(30)22-23(16-7-5-4-6-8-16)29(26(32)25(22)31)20-10-9-17(27)13-19(20)28/h4-13,23,30H,1-3H3/b24-22+. The van der Waals surface area contributed by atoms with Gasteiger partial charge in [-0.2, -0.15) is 0 Å². The van der Waals surface area contributed by atoms with E-state index in [0.717, 1.165) is 22.6 Å². The number of amides is 1. The summed E-state index contributed by atoms with van der Waals surface area (Å²) >= 11 is 0. The fourth-order valence-electron chi connectivity index (χ4n) is 4.12. The third-order valence-electron chi connectivity index (χ3n) is 5.73. The van der Waals surface area contributed by atoms with E-state index < -0.39 is 29.4 Å². The number of hydrogen-bond acceptors (Lipinski definition) is 4. The Balaban J connectivity index is 1.98. The van der Waals surface area contributed by atoms with Crippen molar-refractivity contribution in [3.63, 3.8) is 0 Å². The zero-order chi connectivity index (χ0) is 23.9. The van der Waals surface area contributed by atoms with Crippen molar-refractivity contribution < 1.29 is 28.2 Å². The second-order valence-corrected chi connectivity index (χ2v) is 7.81. The van der Waals surface area contributed by atoms with Gasteiger partial charge in [-0.15, -0.1) is 0 Å². The van der Waals surface area contributed by atoms with Crippen LogP contribution in [0.3, 0.4) is 0 Å². The number of aliphatic hydroxyl groups excluding tert-OH is 1. The van der Waals surface area contributed by atoms with Crippen LogP contribution in [0, 0.1) is 25.5 Å². The first kappa shape index (κ1) is 22.2. The van der Waals surface area contributed by atoms with Crippen LogP contribution in [0.5, 0.6) is 5.75 Å². The van der Waals surface area contributed by atoms with E-state index in [1.807, 2.05) is 0 Å². The smallest absolute Gasteiger partial charge is 0.300 e. The normalized spacial score (nSPS) is 17.5. The lowest BCUT2D eigenvalue weighted by Crippen LogP contribution is -2.30. The van der Waals surface area contributed by atoms with E-state index >= 15 is 0 Å². The number of carbonyl (C=O) groups excluding carboxylic acids is 2. The highest BCUT2D eigenvalue weighted by Gasteiger charge is 2.47. The second kappa shape index (κ2) is 8.50. The summed E-state index contributed by atoms with van der Waals surface area (Å²) < 4.78 is 33.5. The Kier molecular flexibility index (Phi) is 5.72. The van der Waals surface area contributed by atoms with E-state index in [1.54, 1.807) is 56.3 Å². The van der Waals surface area contributed by atoms with Crippen molar-refractivity contribution in [2.75, 3.05) is 12.0 Å². The van der Waals surface area contributed by atoms with Gasteiger partial charge in [-0.3, -0.25) is 14.5 Å². The van der Waals surface area contributed by atoms with E-state index in [9.17, 15) is 23.5 Å². The molecule has 0 aromatic heterocycles. The molecule has 1 heterocycles. The Morgan fingerprint density at radius 1 is 0.970 bits per heavy atom. The van der Waals surface area contributed by atoms with Crippen molar-refractivity contribution in [2.45, 2.75) is 19.9 Å². The predicted octanol–water partition coefficient (Wildman–Crippen LogP) is 5.22. The first-order valence-corrected chi connectivity index (χ1v) is 10.2. The van der Waals surface area contributed by atoms with Gasteiger partial charge in [0.1, 0.15) is 23.1 Å². The van der Waals surface area contributed by atoms with Gasteiger partial charge in [-0.05, 0) is 54.8 Å². The van der Waals surface area contributed by atoms with Gasteiger partial charge in [0.2, 0.25) is 0 Å². The van der Waals surface area contributed by atoms with E-state index in [0.29, 0.717) is 28.5 Å². The average Bonchev–Trinajstić information content (AvgIpc) is 3.06. The molecule has 4 rings (SSSR count). The lowest BCUT2D eigenvalue weighted by molar-refractivity contribution is -0.132. The highest BCUT2D eigenvalue weighted by atomic mass is 19.1. The number of nitrogens with zero attached hydrogens (tertiary/aromatic N) is 1. The molecule has 168 valence electrons. The lowest BCUT2D eigenvalue weighted by atomic mass is 9.93. The number of aliphatic hydroxyl groups is 1. The molecule has 3 aromatic rings. The van der Waals surface area contributed by atoms with Gasteiger partial charge >= 0.3 is 0 Å². The maximum absolute atomic E-state index is 14.7. The van der Waals surface area contributed by atoms with Crippen LogP contribution in [0.1, 0.15) is 28.3 Å². The Morgan fingerprint density at radius 3 is 2.30 bits per heavy atom. The zero-order valence-corrected chi connectivity index (χ0v) is 18.2. The van der Waals surface area contributed by atoms with Gasteiger partial charge in [0.05, 0.1) is 24.4 Å². The van der Waals surface area contributed by atoms with Crippen molar-refractivity contribution in [3.8, 4) is 5.75 Å². The van der Waals surface area contributed by atoms with Gasteiger partial charge in [-0.1, -0.05) is 30.3 Å². The number of ketones is 1. The fraction of sp³-hybridized carbons (Fsp3) is 0.154. The highest BCUT2D eigenvalue weighted by molar-refractivity contribution is 6.51. The Morgan fingerprint density at radius 2 is 1.67 bits per heavy atom. The highest BCUT2D eigenvalue weighted by Crippen LogP contribution is 2.43. The number of rotatable bonds is 4. The average molecular weight is 449 g/mol. The van der Waals surface area contributed by atoms with Crippen molar-refractivity contribution in [3.05, 3.63) is 100 Å². The minimum atomic E-state index is -1.10. The summed E-state index contributed by atoms with van der Waals surface area (Å²) in [6.07, 6.45) is 0. The van der Waals surface area contributed by atoms with Crippen LogP contribution >= 0.6 is 0 Å². The summed E-state index contributed by atoms with van der Waals surface area (Å²) in [6, 6.07) is 13.6. The first-order valence-electron chi connectivity index (χ1n) is 10.2. The number of ether oxygens (including phenoxy) is 1. The number of halogens is 2. The number of benzene rings is 3. The molecular weight excluding hydrogens is 428 g/mol. The van der Waals surface area contributed by atoms with Gasteiger partial charge in [0.15, 0.2) is 0 Å². The summed E-state index contributed by atoms with van der Waals surface area (Å²) in [7, 11) is 1.53. The van der Waals surface area contributed by atoms with Gasteiger partial charge in [0, 0.05) is 11.6 Å². The maximum Gasteiger partial charge on any atom is 0.300 e. The van der Waals surface area contributed by atoms with Crippen LogP contribution < -0.4 is 9.64 Å². The van der Waals surface area contributed by atoms with Crippen LogP contribution in [-0.4, -0.2) is 23.9 Å². The van der Waals surface area contributed by atoms with Crippen molar-refractivity contribution in [1.29, 1.82) is 0 Å². The summed E-state index contributed by atoms with van der Waals surface area (Å²) in [5.41, 5.74) is 1.76. The molecule has 0 spiro atoms. The number of aryl methyl sites for hydroxylation is 2. The van der Waals surface area contributed by atoms with Gasteiger partial charge < -0.3 is 9.84 Å². The van der Waals surface area contributed by atoms with Crippen LogP contribution in [0.2, 0.25) is 0 Å². The molecule has 1 unspecified atom stereocenters. The quantitative estimate of drug-likeness (QED) is 0.337. The third-order valence-corrected chi connectivity index (χ3v) is 5.73. The number of Topliss-reactive ketones (excluding diaryl/α,β-unsaturated/α-hetero) is 1. The molecule has 1 atom stereocenters. The molecule has 0 saturated carbocycles. The Bertz CT molecular complexity index is 1300. The van der Waals surface area contributed by atoms with Crippen LogP contribution in [0.15, 0.2) is 66.2 Å². The lowest BCUT2D eigenvalue weighted by Gasteiger charge is -2.26. The van der Waals surface area contributed by atoms with Crippen LogP contribution in [-0.2, 0) is 9.59 Å². The van der Waals surface area contributed by atoms with Crippen molar-refractivity contribution >= 4 is 23.1 Å². The number of anilines is 1. The minimum absolute atomic E-state index is 0.178. The molecular formula is C26H21F2NO4. The van der Waals surface area contributed by atoms with Crippen molar-refractivity contribution in [1.82, 2.24) is 0 Å². The molecule has 3 aromatic carbocycles. The predicted molar refractivity (Wildman–Crippen MR) is 120 cm³/mol. The molecule has 33 heavy (non-hydrogen) atoms. The monoisotopic (exact) mass is 449 g/mol. The number of methoxy groups -OCH3 is 1. The van der Waals surface area contributed by atoms with Gasteiger partial charge in [0.25, 0.3) is 11.7 Å². The first-order chi connectivity index (χ1) is 15.7. The molecule has 1 aliphatic rings. The summed E-state index contributed by atoms with van der Waals surface area (Å²) in [5, 5.41) is 11.3. The molecule has 0 bridgehead atoms. The van der Waals surface area contributed by atoms with E-state index in [2.05, 4.69) is 0 Å².